The summed E-state index contributed by atoms with van der Waals surface area (Å²) < 4.78 is 5.58. The summed E-state index contributed by atoms with van der Waals surface area (Å²) in [5.74, 6) is -0.108. The first-order chi connectivity index (χ1) is 12.1. The van der Waals surface area contributed by atoms with Gasteiger partial charge >= 0.3 is 6.03 Å². The van der Waals surface area contributed by atoms with Crippen LogP contribution in [0.15, 0.2) is 24.3 Å². The Morgan fingerprint density at radius 2 is 2.20 bits per heavy atom. The Balaban J connectivity index is 1.51. The maximum atomic E-state index is 12.2. The zero-order chi connectivity index (χ0) is 17.6. The summed E-state index contributed by atoms with van der Waals surface area (Å²) >= 11 is 0. The topological polar surface area (TPSA) is 73.9 Å². The number of carbonyl (C=O) groups excluding carboxylic acids is 2. The lowest BCUT2D eigenvalue weighted by Gasteiger charge is -2.31. The first-order valence-electron chi connectivity index (χ1n) is 8.81. The Kier molecular flexibility index (Phi) is 5.88. The third kappa shape index (κ3) is 5.17. The van der Waals surface area contributed by atoms with Crippen LogP contribution in [0.4, 0.5) is 4.79 Å². The van der Waals surface area contributed by atoms with E-state index in [0.29, 0.717) is 19.6 Å². The molecule has 25 heavy (non-hydrogen) atoms. The van der Waals surface area contributed by atoms with Crippen LogP contribution < -0.4 is 10.6 Å². The monoisotopic (exact) mass is 346 g/mol. The first-order valence-corrected chi connectivity index (χ1v) is 8.81. The highest BCUT2D eigenvalue weighted by Crippen LogP contribution is 2.12. The van der Waals surface area contributed by atoms with Crippen LogP contribution >= 0.6 is 0 Å². The molecule has 7 heteroatoms. The van der Waals surface area contributed by atoms with E-state index in [-0.39, 0.29) is 24.6 Å². The number of nitrogens with one attached hydrogen (secondary N) is 2. The first kappa shape index (κ1) is 17.7. The van der Waals surface area contributed by atoms with Gasteiger partial charge in [0.25, 0.3) is 0 Å². The summed E-state index contributed by atoms with van der Waals surface area (Å²) in [6.07, 6.45) is 0.276. The van der Waals surface area contributed by atoms with Crippen molar-refractivity contribution in [2.45, 2.75) is 26.1 Å². The molecular weight excluding hydrogens is 320 g/mol. The van der Waals surface area contributed by atoms with Crippen molar-refractivity contribution in [1.82, 2.24) is 20.4 Å². The molecule has 136 valence electrons. The van der Waals surface area contributed by atoms with Gasteiger partial charge in [0.05, 0.1) is 12.7 Å². The van der Waals surface area contributed by atoms with E-state index in [1.54, 1.807) is 0 Å². The molecule has 0 radical (unpaired) electrons. The Hall–Kier alpha value is -2.12. The number of morpholine rings is 1. The Morgan fingerprint density at radius 3 is 3.00 bits per heavy atom. The molecule has 2 N–H and O–H groups in total. The number of carbonyl (C=O) groups is 2. The van der Waals surface area contributed by atoms with E-state index in [9.17, 15) is 9.59 Å². The Morgan fingerprint density at radius 1 is 1.36 bits per heavy atom. The van der Waals surface area contributed by atoms with Gasteiger partial charge in [-0.05, 0) is 18.1 Å². The molecule has 2 aliphatic rings. The summed E-state index contributed by atoms with van der Waals surface area (Å²) in [6, 6.07) is 8.08. The van der Waals surface area contributed by atoms with Crippen LogP contribution in [0.25, 0.3) is 0 Å². The fraction of sp³-hybridized carbons (Fsp3) is 0.556. The molecule has 0 saturated carbocycles. The molecule has 2 aliphatic heterocycles. The molecule has 1 aromatic rings. The van der Waals surface area contributed by atoms with Crippen LogP contribution in [-0.4, -0.2) is 67.2 Å². The Bertz CT molecular complexity index is 622. The average Bonchev–Trinajstić information content (AvgIpc) is 2.60. The number of amides is 3. The summed E-state index contributed by atoms with van der Waals surface area (Å²) in [5.41, 5.74) is 2.30. The number of hydrogen-bond donors (Lipinski definition) is 2. The molecule has 0 unspecified atom stereocenters. The molecule has 1 aromatic carbocycles. The van der Waals surface area contributed by atoms with Gasteiger partial charge in [-0.2, -0.15) is 0 Å². The number of benzene rings is 1. The standard InChI is InChI=1S/C18H26N4O3/c1-14-11-21(7-8-25-14)12-16-4-2-3-15(9-16)10-20-18(24)22-6-5-19-17(23)13-22/h2-4,9,14H,5-8,10-13H2,1H3,(H,19,23)(H,20,24)/t14-/m1/s1. The number of hydrogen-bond acceptors (Lipinski definition) is 4. The van der Waals surface area contributed by atoms with E-state index in [1.165, 1.54) is 10.5 Å². The number of nitrogens with zero attached hydrogens (tertiary/aromatic N) is 2. The molecule has 1 atom stereocenters. The van der Waals surface area contributed by atoms with Gasteiger partial charge in [0.2, 0.25) is 5.91 Å². The molecule has 0 spiro atoms. The lowest BCUT2D eigenvalue weighted by molar-refractivity contribution is -0.123. The van der Waals surface area contributed by atoms with Crippen molar-refractivity contribution in [1.29, 1.82) is 0 Å². The SMILES string of the molecule is C[C@@H]1CN(Cc2cccc(CNC(=O)N3CCNC(=O)C3)c2)CCO1. The summed E-state index contributed by atoms with van der Waals surface area (Å²) in [5, 5.41) is 5.62. The van der Waals surface area contributed by atoms with Gasteiger partial charge in [-0.25, -0.2) is 4.79 Å². The average molecular weight is 346 g/mol. The quantitative estimate of drug-likeness (QED) is 0.835. The molecule has 3 amide bonds. The van der Waals surface area contributed by atoms with Crippen molar-refractivity contribution in [3.05, 3.63) is 35.4 Å². The minimum Gasteiger partial charge on any atom is -0.376 e. The zero-order valence-electron chi connectivity index (χ0n) is 14.7. The highest BCUT2D eigenvalue weighted by molar-refractivity contribution is 5.85. The van der Waals surface area contributed by atoms with Gasteiger partial charge in [0.1, 0.15) is 6.54 Å². The maximum Gasteiger partial charge on any atom is 0.318 e. The van der Waals surface area contributed by atoms with Crippen LogP contribution in [0.5, 0.6) is 0 Å². The lowest BCUT2D eigenvalue weighted by atomic mass is 10.1. The third-order valence-electron chi connectivity index (χ3n) is 4.49. The number of ether oxygens (including phenoxy) is 1. The normalized spacial score (nSPS) is 21.7. The van der Waals surface area contributed by atoms with Gasteiger partial charge in [-0.3, -0.25) is 9.69 Å². The van der Waals surface area contributed by atoms with Crippen LogP contribution in [0, 0.1) is 0 Å². The minimum atomic E-state index is -0.192. The molecule has 7 nitrogen and oxygen atoms in total. The van der Waals surface area contributed by atoms with Crippen molar-refractivity contribution in [3.8, 4) is 0 Å². The van der Waals surface area contributed by atoms with Crippen molar-refractivity contribution in [3.63, 3.8) is 0 Å². The molecule has 2 saturated heterocycles. The molecular formula is C18H26N4O3. The fourth-order valence-corrected chi connectivity index (χ4v) is 3.23. The van der Waals surface area contributed by atoms with Crippen LogP contribution in [0.2, 0.25) is 0 Å². The Labute approximate surface area is 148 Å². The maximum absolute atomic E-state index is 12.2. The highest BCUT2D eigenvalue weighted by Gasteiger charge is 2.20. The van der Waals surface area contributed by atoms with Crippen molar-refractivity contribution in [2.24, 2.45) is 0 Å². The van der Waals surface area contributed by atoms with E-state index in [2.05, 4.69) is 34.6 Å². The van der Waals surface area contributed by atoms with Crippen molar-refractivity contribution in [2.75, 3.05) is 39.3 Å². The number of urea groups is 1. The summed E-state index contributed by atoms with van der Waals surface area (Å²) in [4.78, 5) is 27.5. The fourth-order valence-electron chi connectivity index (χ4n) is 3.23. The second-order valence-corrected chi connectivity index (χ2v) is 6.67. The minimum absolute atomic E-state index is 0.108. The van der Waals surface area contributed by atoms with Crippen molar-refractivity contribution < 1.29 is 14.3 Å². The predicted molar refractivity (Wildman–Crippen MR) is 94.0 cm³/mol. The van der Waals surface area contributed by atoms with Gasteiger partial charge in [0, 0.05) is 39.3 Å². The second kappa shape index (κ2) is 8.31. The molecule has 0 bridgehead atoms. The van der Waals surface area contributed by atoms with E-state index in [4.69, 9.17) is 4.74 Å². The molecule has 3 rings (SSSR count). The van der Waals surface area contributed by atoms with Crippen LogP contribution in [-0.2, 0) is 22.6 Å². The summed E-state index contributed by atoms with van der Waals surface area (Å²) in [6.45, 7) is 7.30. The smallest absolute Gasteiger partial charge is 0.318 e. The molecule has 0 aromatic heterocycles. The number of rotatable bonds is 4. The van der Waals surface area contributed by atoms with Crippen molar-refractivity contribution >= 4 is 11.9 Å². The van der Waals surface area contributed by atoms with Gasteiger partial charge < -0.3 is 20.3 Å². The predicted octanol–water partition coefficient (Wildman–Crippen LogP) is 0.549. The summed E-state index contributed by atoms with van der Waals surface area (Å²) in [7, 11) is 0. The van der Waals surface area contributed by atoms with Crippen LogP contribution in [0.1, 0.15) is 18.1 Å². The lowest BCUT2D eigenvalue weighted by Crippen LogP contribution is -2.52. The largest absolute Gasteiger partial charge is 0.376 e. The van der Waals surface area contributed by atoms with Crippen LogP contribution in [0.3, 0.4) is 0 Å². The van der Waals surface area contributed by atoms with Gasteiger partial charge in [0.15, 0.2) is 0 Å². The highest BCUT2D eigenvalue weighted by atomic mass is 16.5. The number of piperazine rings is 1. The molecule has 0 aliphatic carbocycles. The van der Waals surface area contributed by atoms with Gasteiger partial charge in [-0.15, -0.1) is 0 Å². The van der Waals surface area contributed by atoms with E-state index in [1.807, 2.05) is 12.1 Å². The van der Waals surface area contributed by atoms with Gasteiger partial charge in [-0.1, -0.05) is 24.3 Å². The van der Waals surface area contributed by atoms with E-state index in [0.717, 1.165) is 31.8 Å². The second-order valence-electron chi connectivity index (χ2n) is 6.67. The van der Waals surface area contributed by atoms with E-state index >= 15 is 0 Å². The molecule has 2 heterocycles. The third-order valence-corrected chi connectivity index (χ3v) is 4.49. The van der Waals surface area contributed by atoms with E-state index < -0.39 is 0 Å². The molecule has 2 fully saturated rings. The zero-order valence-corrected chi connectivity index (χ0v) is 14.7.